The van der Waals surface area contributed by atoms with E-state index in [-0.39, 0.29) is 11.7 Å². The zero-order valence-corrected chi connectivity index (χ0v) is 10.7. The lowest BCUT2D eigenvalue weighted by Crippen LogP contribution is -2.38. The lowest BCUT2D eigenvalue weighted by atomic mass is 10.1. The van der Waals surface area contributed by atoms with Gasteiger partial charge in [0.15, 0.2) is 5.69 Å². The van der Waals surface area contributed by atoms with Crippen LogP contribution in [0.15, 0.2) is 6.20 Å². The number of rotatable bonds is 4. The van der Waals surface area contributed by atoms with Gasteiger partial charge in [-0.15, -0.1) is 5.10 Å². The molecule has 1 fully saturated rings. The topological polar surface area (TPSA) is 109 Å². The quantitative estimate of drug-likeness (QED) is 0.672. The molecule has 0 saturated carbocycles. The number of carbonyl (C=O) groups is 2. The molecule has 1 aliphatic rings. The largest absolute Gasteiger partial charge is 0.480 e. The third-order valence-corrected chi connectivity index (χ3v) is 3.14. The van der Waals surface area contributed by atoms with E-state index in [9.17, 15) is 9.59 Å². The minimum atomic E-state index is -1.08. The van der Waals surface area contributed by atoms with Gasteiger partial charge in [0.2, 0.25) is 0 Å². The average Bonchev–Trinajstić information content (AvgIpc) is 2.89. The summed E-state index contributed by atoms with van der Waals surface area (Å²) in [7, 11) is 0. The summed E-state index contributed by atoms with van der Waals surface area (Å²) >= 11 is 0. The normalized spacial score (nSPS) is 17.9. The second kappa shape index (κ2) is 5.79. The van der Waals surface area contributed by atoms with Crippen molar-refractivity contribution in [2.45, 2.75) is 31.8 Å². The van der Waals surface area contributed by atoms with Gasteiger partial charge in [-0.25, -0.2) is 4.68 Å². The Hall–Kier alpha value is -1.96. The van der Waals surface area contributed by atoms with Gasteiger partial charge in [0.1, 0.15) is 6.04 Å². The molecule has 19 heavy (non-hydrogen) atoms. The van der Waals surface area contributed by atoms with Crippen LogP contribution in [0.4, 0.5) is 0 Å². The molecule has 1 aromatic heterocycles. The van der Waals surface area contributed by atoms with Crippen molar-refractivity contribution in [1.29, 1.82) is 0 Å². The molecule has 2 rings (SSSR count). The Balaban J connectivity index is 1.99. The number of piperidine rings is 1. The van der Waals surface area contributed by atoms with Gasteiger partial charge in [0.05, 0.1) is 12.2 Å². The van der Waals surface area contributed by atoms with E-state index in [1.807, 2.05) is 0 Å². The zero-order valence-electron chi connectivity index (χ0n) is 10.7. The summed E-state index contributed by atoms with van der Waals surface area (Å²) in [5.41, 5.74) is 0.145. The van der Waals surface area contributed by atoms with Gasteiger partial charge in [-0.3, -0.25) is 9.59 Å². The minimum absolute atomic E-state index is 0.145. The summed E-state index contributed by atoms with van der Waals surface area (Å²) in [6.07, 6.45) is 3.45. The van der Waals surface area contributed by atoms with Crippen molar-refractivity contribution < 1.29 is 14.7 Å². The first-order valence-electron chi connectivity index (χ1n) is 6.24. The van der Waals surface area contributed by atoms with E-state index in [2.05, 4.69) is 20.9 Å². The molecular weight excluding hydrogens is 250 g/mol. The second-order valence-electron chi connectivity index (χ2n) is 4.60. The Kier molecular flexibility index (Phi) is 4.10. The third kappa shape index (κ3) is 3.28. The Morgan fingerprint density at radius 1 is 1.53 bits per heavy atom. The predicted octanol–water partition coefficient (Wildman–Crippen LogP) is -0.594. The highest BCUT2D eigenvalue weighted by molar-refractivity contribution is 5.94. The highest BCUT2D eigenvalue weighted by Crippen LogP contribution is 2.16. The molecule has 0 spiro atoms. The molecule has 0 aliphatic carbocycles. The van der Waals surface area contributed by atoms with E-state index in [1.165, 1.54) is 6.92 Å². The van der Waals surface area contributed by atoms with Crippen LogP contribution in [0.5, 0.6) is 0 Å². The standard InChI is InChI=1S/C11H17N5O3/c1-7(11(18)19)13-10(17)9-6-16(15-14-9)8-2-4-12-5-3-8/h6-8,12H,2-5H2,1H3,(H,13,17)(H,18,19). The zero-order chi connectivity index (χ0) is 13.8. The summed E-state index contributed by atoms with van der Waals surface area (Å²) in [4.78, 5) is 22.4. The molecule has 2 heterocycles. The van der Waals surface area contributed by atoms with Crippen LogP contribution in [0.2, 0.25) is 0 Å². The lowest BCUT2D eigenvalue weighted by Gasteiger charge is -2.22. The number of carboxylic acid groups (broad SMARTS) is 1. The lowest BCUT2D eigenvalue weighted by molar-refractivity contribution is -0.138. The van der Waals surface area contributed by atoms with Crippen molar-refractivity contribution in [3.63, 3.8) is 0 Å². The van der Waals surface area contributed by atoms with E-state index in [0.717, 1.165) is 25.9 Å². The molecule has 1 aromatic rings. The number of amides is 1. The van der Waals surface area contributed by atoms with Crippen molar-refractivity contribution in [2.75, 3.05) is 13.1 Å². The van der Waals surface area contributed by atoms with Crippen molar-refractivity contribution >= 4 is 11.9 Å². The molecule has 1 amide bonds. The number of hydrogen-bond donors (Lipinski definition) is 3. The van der Waals surface area contributed by atoms with Gasteiger partial charge in [0.25, 0.3) is 5.91 Å². The predicted molar refractivity (Wildman–Crippen MR) is 65.7 cm³/mol. The fourth-order valence-corrected chi connectivity index (χ4v) is 1.96. The van der Waals surface area contributed by atoms with E-state index in [1.54, 1.807) is 10.9 Å². The van der Waals surface area contributed by atoms with Crippen molar-refractivity contribution in [3.05, 3.63) is 11.9 Å². The molecule has 0 radical (unpaired) electrons. The van der Waals surface area contributed by atoms with Gasteiger partial charge >= 0.3 is 5.97 Å². The molecule has 104 valence electrons. The summed E-state index contributed by atoms with van der Waals surface area (Å²) in [5, 5.41) is 22.1. The van der Waals surface area contributed by atoms with E-state index in [0.29, 0.717) is 0 Å². The van der Waals surface area contributed by atoms with Gasteiger partial charge in [-0.2, -0.15) is 0 Å². The number of carboxylic acids is 1. The first kappa shape index (κ1) is 13.5. The molecule has 3 N–H and O–H groups in total. The molecule has 0 bridgehead atoms. The Morgan fingerprint density at radius 3 is 2.84 bits per heavy atom. The minimum Gasteiger partial charge on any atom is -0.480 e. The number of nitrogens with zero attached hydrogens (tertiary/aromatic N) is 3. The molecule has 1 saturated heterocycles. The Bertz CT molecular complexity index is 467. The molecule has 8 heteroatoms. The van der Waals surface area contributed by atoms with Gasteiger partial charge in [-0.05, 0) is 32.9 Å². The average molecular weight is 267 g/mol. The van der Waals surface area contributed by atoms with Crippen LogP contribution in [-0.2, 0) is 4.79 Å². The second-order valence-corrected chi connectivity index (χ2v) is 4.60. The molecule has 0 aromatic carbocycles. The van der Waals surface area contributed by atoms with Gasteiger partial charge in [-0.1, -0.05) is 5.21 Å². The smallest absolute Gasteiger partial charge is 0.325 e. The fourth-order valence-electron chi connectivity index (χ4n) is 1.96. The SMILES string of the molecule is CC(NC(=O)c1cn(C2CCNCC2)nn1)C(=O)O. The van der Waals surface area contributed by atoms with E-state index < -0.39 is 17.9 Å². The third-order valence-electron chi connectivity index (χ3n) is 3.14. The molecular formula is C11H17N5O3. The maximum absolute atomic E-state index is 11.8. The van der Waals surface area contributed by atoms with Crippen molar-refractivity contribution in [3.8, 4) is 0 Å². The summed E-state index contributed by atoms with van der Waals surface area (Å²) in [6, 6.07) is -0.705. The monoisotopic (exact) mass is 267 g/mol. The number of nitrogens with one attached hydrogen (secondary N) is 2. The number of hydrogen-bond acceptors (Lipinski definition) is 5. The maximum atomic E-state index is 11.8. The number of aliphatic carboxylic acids is 1. The van der Waals surface area contributed by atoms with E-state index in [4.69, 9.17) is 5.11 Å². The summed E-state index contributed by atoms with van der Waals surface area (Å²) in [6.45, 7) is 3.24. The van der Waals surface area contributed by atoms with Crippen LogP contribution in [0.3, 0.4) is 0 Å². The number of aromatic nitrogens is 3. The molecule has 1 aliphatic heterocycles. The van der Waals surface area contributed by atoms with Gasteiger partial charge < -0.3 is 15.7 Å². The maximum Gasteiger partial charge on any atom is 0.325 e. The highest BCUT2D eigenvalue weighted by Gasteiger charge is 2.20. The number of carbonyl (C=O) groups excluding carboxylic acids is 1. The van der Waals surface area contributed by atoms with Crippen LogP contribution in [-0.4, -0.2) is 51.1 Å². The van der Waals surface area contributed by atoms with Crippen molar-refractivity contribution in [2.24, 2.45) is 0 Å². The highest BCUT2D eigenvalue weighted by atomic mass is 16.4. The van der Waals surface area contributed by atoms with Crippen LogP contribution < -0.4 is 10.6 Å². The van der Waals surface area contributed by atoms with Crippen LogP contribution in [0.25, 0.3) is 0 Å². The van der Waals surface area contributed by atoms with Crippen LogP contribution >= 0.6 is 0 Å². The first-order valence-corrected chi connectivity index (χ1v) is 6.24. The molecule has 1 unspecified atom stereocenters. The fraction of sp³-hybridized carbons (Fsp3) is 0.636. The molecule has 1 atom stereocenters. The summed E-state index contributed by atoms with van der Waals surface area (Å²) < 4.78 is 1.68. The Labute approximate surface area is 110 Å². The van der Waals surface area contributed by atoms with E-state index >= 15 is 0 Å². The van der Waals surface area contributed by atoms with Crippen LogP contribution in [0, 0.1) is 0 Å². The molecule has 8 nitrogen and oxygen atoms in total. The summed E-state index contributed by atoms with van der Waals surface area (Å²) in [5.74, 6) is -1.60. The first-order chi connectivity index (χ1) is 9.08. The Morgan fingerprint density at radius 2 is 2.21 bits per heavy atom. The van der Waals surface area contributed by atoms with Crippen molar-refractivity contribution in [1.82, 2.24) is 25.6 Å². The van der Waals surface area contributed by atoms with Crippen LogP contribution in [0.1, 0.15) is 36.3 Å². The van der Waals surface area contributed by atoms with Gasteiger partial charge in [0, 0.05) is 0 Å².